The Morgan fingerprint density at radius 3 is 2.60 bits per heavy atom. The lowest BCUT2D eigenvalue weighted by Gasteiger charge is -2.17. The molecular weight excluding hydrogens is 258 g/mol. The van der Waals surface area contributed by atoms with E-state index in [9.17, 15) is 9.59 Å². The second-order valence-corrected chi connectivity index (χ2v) is 5.58. The molecule has 1 aliphatic carbocycles. The van der Waals surface area contributed by atoms with Crippen molar-refractivity contribution >= 4 is 11.9 Å². The Labute approximate surface area is 118 Å². The average Bonchev–Trinajstić information content (AvgIpc) is 2.98. The Bertz CT molecular complexity index is 524. The van der Waals surface area contributed by atoms with Crippen molar-refractivity contribution in [3.8, 4) is 0 Å². The van der Waals surface area contributed by atoms with Gasteiger partial charge in [0.25, 0.3) is 0 Å². The van der Waals surface area contributed by atoms with Crippen molar-refractivity contribution < 1.29 is 14.7 Å². The lowest BCUT2D eigenvalue weighted by molar-refractivity contribution is -0.141. The van der Waals surface area contributed by atoms with Gasteiger partial charge in [0.15, 0.2) is 0 Å². The molecule has 2 N–H and O–H groups in total. The van der Waals surface area contributed by atoms with Gasteiger partial charge in [-0.05, 0) is 33.1 Å². The van der Waals surface area contributed by atoms with Crippen LogP contribution in [0.4, 0.5) is 0 Å². The number of rotatable bonds is 4. The van der Waals surface area contributed by atoms with Crippen LogP contribution in [-0.2, 0) is 16.6 Å². The average molecular weight is 279 g/mol. The van der Waals surface area contributed by atoms with Crippen LogP contribution in [0.2, 0.25) is 0 Å². The molecule has 1 saturated carbocycles. The van der Waals surface area contributed by atoms with Gasteiger partial charge in [-0.15, -0.1) is 0 Å². The highest BCUT2D eigenvalue weighted by atomic mass is 16.4. The van der Waals surface area contributed by atoms with Crippen molar-refractivity contribution in [3.05, 3.63) is 17.5 Å². The number of carboxylic acids is 1. The van der Waals surface area contributed by atoms with Crippen LogP contribution in [0.15, 0.2) is 6.20 Å². The largest absolute Gasteiger partial charge is 0.481 e. The van der Waals surface area contributed by atoms with E-state index in [1.807, 2.05) is 20.9 Å². The number of hydrogen-bond acceptors (Lipinski definition) is 3. The first kappa shape index (κ1) is 14.6. The van der Waals surface area contributed by atoms with Crippen molar-refractivity contribution in [2.24, 2.45) is 18.9 Å². The highest BCUT2D eigenvalue weighted by Crippen LogP contribution is 2.31. The fourth-order valence-electron chi connectivity index (χ4n) is 2.79. The van der Waals surface area contributed by atoms with E-state index >= 15 is 0 Å². The van der Waals surface area contributed by atoms with Crippen molar-refractivity contribution in [2.45, 2.75) is 39.2 Å². The van der Waals surface area contributed by atoms with E-state index < -0.39 is 5.97 Å². The Hall–Kier alpha value is -1.85. The molecule has 6 heteroatoms. The Balaban J connectivity index is 1.95. The molecule has 1 aromatic rings. The summed E-state index contributed by atoms with van der Waals surface area (Å²) in [7, 11) is 1.86. The van der Waals surface area contributed by atoms with E-state index in [1.54, 1.807) is 10.9 Å². The van der Waals surface area contributed by atoms with Crippen LogP contribution >= 0.6 is 0 Å². The zero-order chi connectivity index (χ0) is 14.9. The summed E-state index contributed by atoms with van der Waals surface area (Å²) in [6.07, 6.45) is 3.45. The van der Waals surface area contributed by atoms with Crippen LogP contribution in [-0.4, -0.2) is 26.8 Å². The van der Waals surface area contributed by atoms with Gasteiger partial charge in [-0.2, -0.15) is 5.10 Å². The third kappa shape index (κ3) is 2.84. The molecule has 110 valence electrons. The molecule has 1 amide bonds. The summed E-state index contributed by atoms with van der Waals surface area (Å²) in [6, 6.07) is -0.111. The number of nitrogens with one attached hydrogen (secondary N) is 1. The van der Waals surface area contributed by atoms with Crippen LogP contribution < -0.4 is 5.32 Å². The third-order valence-electron chi connectivity index (χ3n) is 4.25. The fraction of sp³-hybridized carbons (Fsp3) is 0.643. The van der Waals surface area contributed by atoms with Crippen molar-refractivity contribution in [3.63, 3.8) is 0 Å². The van der Waals surface area contributed by atoms with Crippen LogP contribution in [0, 0.1) is 18.8 Å². The van der Waals surface area contributed by atoms with Gasteiger partial charge in [-0.25, -0.2) is 0 Å². The molecule has 1 aliphatic rings. The van der Waals surface area contributed by atoms with Crippen LogP contribution in [0.5, 0.6) is 0 Å². The van der Waals surface area contributed by atoms with Gasteiger partial charge in [0, 0.05) is 24.2 Å². The number of nitrogens with zero attached hydrogens (tertiary/aromatic N) is 2. The Kier molecular flexibility index (Phi) is 4.11. The first-order chi connectivity index (χ1) is 9.40. The molecule has 1 aromatic heterocycles. The summed E-state index contributed by atoms with van der Waals surface area (Å²) in [5.74, 6) is -1.40. The smallest absolute Gasteiger partial charge is 0.306 e. The molecule has 0 saturated heterocycles. The molecule has 3 atom stereocenters. The molecule has 1 heterocycles. The van der Waals surface area contributed by atoms with Gasteiger partial charge in [-0.1, -0.05) is 0 Å². The van der Waals surface area contributed by atoms with Gasteiger partial charge in [0.05, 0.1) is 18.2 Å². The van der Waals surface area contributed by atoms with Gasteiger partial charge < -0.3 is 10.4 Å². The summed E-state index contributed by atoms with van der Waals surface area (Å²) >= 11 is 0. The molecule has 0 spiro atoms. The van der Waals surface area contributed by atoms with Gasteiger partial charge >= 0.3 is 5.97 Å². The van der Waals surface area contributed by atoms with Gasteiger partial charge in [0.2, 0.25) is 5.91 Å². The number of carboxylic acid groups (broad SMARTS) is 1. The molecule has 0 aromatic carbocycles. The normalized spacial score (nSPS) is 23.6. The molecule has 0 aliphatic heterocycles. The van der Waals surface area contributed by atoms with Crippen molar-refractivity contribution in [1.82, 2.24) is 15.1 Å². The second-order valence-electron chi connectivity index (χ2n) is 5.58. The second kappa shape index (κ2) is 5.64. The van der Waals surface area contributed by atoms with E-state index in [1.165, 1.54) is 0 Å². The minimum absolute atomic E-state index is 0.0514. The van der Waals surface area contributed by atoms with E-state index in [-0.39, 0.29) is 23.8 Å². The first-order valence-electron chi connectivity index (χ1n) is 6.91. The number of aliphatic carboxylic acids is 1. The molecule has 6 nitrogen and oxygen atoms in total. The summed E-state index contributed by atoms with van der Waals surface area (Å²) < 4.78 is 1.77. The van der Waals surface area contributed by atoms with Gasteiger partial charge in [-0.3, -0.25) is 14.3 Å². The van der Waals surface area contributed by atoms with Crippen LogP contribution in [0.3, 0.4) is 0 Å². The maximum atomic E-state index is 12.2. The Morgan fingerprint density at radius 1 is 1.45 bits per heavy atom. The minimum Gasteiger partial charge on any atom is -0.481 e. The number of carbonyl (C=O) groups is 2. The van der Waals surface area contributed by atoms with Crippen molar-refractivity contribution in [2.75, 3.05) is 0 Å². The minimum atomic E-state index is -0.795. The predicted octanol–water partition coefficient (Wildman–Crippen LogP) is 1.41. The number of carbonyl (C=O) groups excluding carboxylic acids is 1. The zero-order valence-corrected chi connectivity index (χ0v) is 12.1. The fourth-order valence-corrected chi connectivity index (χ4v) is 2.79. The maximum Gasteiger partial charge on any atom is 0.306 e. The number of amides is 1. The SMILES string of the molecule is Cc1c(C(C)NC(=O)C2CCC(C(=O)O)C2)cnn1C. The summed E-state index contributed by atoms with van der Waals surface area (Å²) in [5.41, 5.74) is 2.02. The number of hydrogen-bond donors (Lipinski definition) is 2. The van der Waals surface area contributed by atoms with Gasteiger partial charge in [0.1, 0.15) is 0 Å². The van der Waals surface area contributed by atoms with Crippen LogP contribution in [0.1, 0.15) is 43.5 Å². The summed E-state index contributed by atoms with van der Waals surface area (Å²) in [5, 5.41) is 16.1. The third-order valence-corrected chi connectivity index (χ3v) is 4.25. The molecule has 3 unspecified atom stereocenters. The van der Waals surface area contributed by atoms with Crippen LogP contribution in [0.25, 0.3) is 0 Å². The van der Waals surface area contributed by atoms with E-state index in [0.717, 1.165) is 11.3 Å². The lowest BCUT2D eigenvalue weighted by Crippen LogP contribution is -2.32. The Morgan fingerprint density at radius 2 is 2.10 bits per heavy atom. The highest BCUT2D eigenvalue weighted by Gasteiger charge is 2.34. The standard InChI is InChI=1S/C14H21N3O3/c1-8(12-7-15-17(3)9(12)2)16-13(18)10-4-5-11(6-10)14(19)20/h7-8,10-11H,4-6H2,1-3H3,(H,16,18)(H,19,20). The maximum absolute atomic E-state index is 12.2. The molecular formula is C14H21N3O3. The molecule has 2 rings (SSSR count). The monoisotopic (exact) mass is 279 g/mol. The molecule has 20 heavy (non-hydrogen) atoms. The molecule has 1 fully saturated rings. The first-order valence-corrected chi connectivity index (χ1v) is 6.91. The molecule has 0 radical (unpaired) electrons. The lowest BCUT2D eigenvalue weighted by atomic mass is 10.0. The van der Waals surface area contributed by atoms with E-state index in [4.69, 9.17) is 5.11 Å². The summed E-state index contributed by atoms with van der Waals surface area (Å²) in [4.78, 5) is 23.1. The summed E-state index contributed by atoms with van der Waals surface area (Å²) in [6.45, 7) is 3.88. The number of aromatic nitrogens is 2. The van der Waals surface area contributed by atoms with Crippen molar-refractivity contribution in [1.29, 1.82) is 0 Å². The number of aryl methyl sites for hydroxylation is 1. The predicted molar refractivity (Wildman–Crippen MR) is 73.0 cm³/mol. The highest BCUT2D eigenvalue weighted by molar-refractivity contribution is 5.81. The van der Waals surface area contributed by atoms with E-state index in [0.29, 0.717) is 19.3 Å². The molecule has 0 bridgehead atoms. The zero-order valence-electron chi connectivity index (χ0n) is 12.1. The topological polar surface area (TPSA) is 84.2 Å². The van der Waals surface area contributed by atoms with E-state index in [2.05, 4.69) is 10.4 Å². The quantitative estimate of drug-likeness (QED) is 0.872.